The number of ether oxygens (including phenoxy) is 2. The molecule has 7 rings (SSSR count). The van der Waals surface area contributed by atoms with Gasteiger partial charge in [-0.1, -0.05) is 50.6 Å². The standard InChI is InChI=1S/C42H57N7O7/c1-27(2)38-41(53)43-17-21-56-30-15-13-28(14-16-30)23-34(45-39(51)32-10-8-19-48-18-7-6-12-36(32)48)40(52)46-35(24-29-25-44-33-11-5-4-9-31(29)33)42(54)49(20-22-55-3)26-37(50)47-38/h4-5,9,11,13-16,25,27,32,34-36,38,44H,6-8,10,12,17-24,26H2,1-3H3,(H,43,53)(H,45,51)(H,46,52)(H,47,50)/t32-,34+,35+,36-,38+/m1/s1. The van der Waals surface area contributed by atoms with Crippen LogP contribution in [0.2, 0.25) is 0 Å². The van der Waals surface area contributed by atoms with Crippen molar-refractivity contribution in [2.24, 2.45) is 11.8 Å². The fourth-order valence-electron chi connectivity index (χ4n) is 8.27. The summed E-state index contributed by atoms with van der Waals surface area (Å²) in [4.78, 5) is 77.3. The summed E-state index contributed by atoms with van der Waals surface area (Å²) in [6, 6.07) is 12.2. The number of hydrogen-bond acceptors (Lipinski definition) is 8. The van der Waals surface area contributed by atoms with E-state index in [2.05, 4.69) is 31.2 Å². The van der Waals surface area contributed by atoms with Gasteiger partial charge in [-0.3, -0.25) is 28.9 Å². The second-order valence-electron chi connectivity index (χ2n) is 15.6. The number of aromatic amines is 1. The average Bonchev–Trinajstić information content (AvgIpc) is 3.61. The zero-order chi connectivity index (χ0) is 39.6. The molecule has 5 N–H and O–H groups in total. The molecular formula is C42H57N7O7. The van der Waals surface area contributed by atoms with Crippen LogP contribution in [0.25, 0.3) is 10.9 Å². The van der Waals surface area contributed by atoms with Crippen molar-refractivity contribution in [3.8, 4) is 5.75 Å². The molecule has 1 aromatic heterocycles. The molecule has 0 radical (unpaired) electrons. The van der Waals surface area contributed by atoms with Crippen molar-refractivity contribution in [1.29, 1.82) is 0 Å². The van der Waals surface area contributed by atoms with Crippen molar-refractivity contribution in [1.82, 2.24) is 36.1 Å². The lowest BCUT2D eigenvalue weighted by Crippen LogP contribution is -2.59. The molecule has 5 heterocycles. The van der Waals surface area contributed by atoms with E-state index in [1.165, 1.54) is 12.0 Å². The molecule has 5 amide bonds. The first-order valence-electron chi connectivity index (χ1n) is 20.1. The van der Waals surface area contributed by atoms with Crippen LogP contribution in [0.5, 0.6) is 5.75 Å². The predicted molar refractivity (Wildman–Crippen MR) is 212 cm³/mol. The Bertz CT molecular complexity index is 1830. The van der Waals surface area contributed by atoms with E-state index in [0.29, 0.717) is 5.75 Å². The van der Waals surface area contributed by atoms with Crippen LogP contribution in [0.1, 0.15) is 57.1 Å². The molecule has 56 heavy (non-hydrogen) atoms. The molecule has 0 spiro atoms. The Morgan fingerprint density at radius 1 is 0.964 bits per heavy atom. The Kier molecular flexibility index (Phi) is 14.0. The quantitative estimate of drug-likeness (QED) is 0.217. The Morgan fingerprint density at radius 2 is 1.75 bits per heavy atom. The topological polar surface area (TPSA) is 174 Å². The minimum Gasteiger partial charge on any atom is -0.492 e. The maximum absolute atomic E-state index is 14.7. The van der Waals surface area contributed by atoms with E-state index in [4.69, 9.17) is 9.47 Å². The Hall–Kier alpha value is -4.95. The molecule has 3 aromatic rings. The summed E-state index contributed by atoms with van der Waals surface area (Å²) >= 11 is 0. The normalized spacial score (nSPS) is 24.9. The molecule has 14 nitrogen and oxygen atoms in total. The SMILES string of the molecule is COCCN1CC(=O)N[C@@H](C(C)C)C(=O)NCCOc2ccc(cc2)C[C@H](NC(=O)[C@@H]2CCCN3CCCC[C@H]23)C(=O)N[C@@H](Cc2c[nH]c3ccccc23)C1=O. The zero-order valence-corrected chi connectivity index (χ0v) is 32.8. The number of amides is 5. The number of carbonyl (C=O) groups excluding carboxylic acids is 5. The first-order chi connectivity index (χ1) is 27.1. The van der Waals surface area contributed by atoms with E-state index in [9.17, 15) is 24.0 Å². The van der Waals surface area contributed by atoms with E-state index in [1.54, 1.807) is 12.1 Å². The molecule has 302 valence electrons. The molecule has 2 saturated heterocycles. The van der Waals surface area contributed by atoms with Crippen molar-refractivity contribution in [3.63, 3.8) is 0 Å². The lowest BCUT2D eigenvalue weighted by Gasteiger charge is -2.43. The average molecular weight is 772 g/mol. The number of carbonyl (C=O) groups is 5. The van der Waals surface area contributed by atoms with Crippen LogP contribution < -0.4 is 26.0 Å². The van der Waals surface area contributed by atoms with Crippen molar-refractivity contribution in [2.45, 2.75) is 83.0 Å². The van der Waals surface area contributed by atoms with Crippen LogP contribution >= 0.6 is 0 Å². The van der Waals surface area contributed by atoms with Gasteiger partial charge in [0.25, 0.3) is 0 Å². The van der Waals surface area contributed by atoms with Crippen LogP contribution in [-0.4, -0.2) is 122 Å². The van der Waals surface area contributed by atoms with Crippen LogP contribution in [0, 0.1) is 11.8 Å². The van der Waals surface area contributed by atoms with Crippen LogP contribution in [-0.2, 0) is 41.6 Å². The third kappa shape index (κ3) is 10.3. The van der Waals surface area contributed by atoms with E-state index in [1.807, 2.05) is 56.4 Å². The summed E-state index contributed by atoms with van der Waals surface area (Å²) in [5.41, 5.74) is 2.47. The molecule has 2 fully saturated rings. The van der Waals surface area contributed by atoms with Gasteiger partial charge < -0.3 is 40.6 Å². The van der Waals surface area contributed by atoms with E-state index in [-0.39, 0.29) is 75.4 Å². The number of H-pyrrole nitrogens is 1. The highest BCUT2D eigenvalue weighted by molar-refractivity contribution is 5.95. The lowest BCUT2D eigenvalue weighted by molar-refractivity contribution is -0.141. The molecule has 4 aliphatic rings. The largest absolute Gasteiger partial charge is 0.492 e. The first-order valence-corrected chi connectivity index (χ1v) is 20.1. The van der Waals surface area contributed by atoms with Crippen LogP contribution in [0.15, 0.2) is 54.7 Å². The monoisotopic (exact) mass is 771 g/mol. The second-order valence-corrected chi connectivity index (χ2v) is 15.6. The van der Waals surface area contributed by atoms with Gasteiger partial charge in [0.1, 0.15) is 30.5 Å². The number of nitrogens with zero attached hydrogens (tertiary/aromatic N) is 2. The van der Waals surface area contributed by atoms with Crippen molar-refractivity contribution < 1.29 is 33.4 Å². The van der Waals surface area contributed by atoms with Gasteiger partial charge in [0, 0.05) is 49.6 Å². The van der Waals surface area contributed by atoms with Crippen molar-refractivity contribution >= 4 is 40.4 Å². The molecule has 14 heteroatoms. The minimum absolute atomic E-state index is 0.0605. The van der Waals surface area contributed by atoms with Gasteiger partial charge in [0.2, 0.25) is 29.5 Å². The third-order valence-electron chi connectivity index (χ3n) is 11.3. The molecule has 5 atom stereocenters. The zero-order valence-electron chi connectivity index (χ0n) is 32.8. The highest BCUT2D eigenvalue weighted by Gasteiger charge is 2.39. The molecule has 0 aliphatic carbocycles. The number of benzene rings is 2. The lowest BCUT2D eigenvalue weighted by atomic mass is 9.83. The highest BCUT2D eigenvalue weighted by Crippen LogP contribution is 2.31. The van der Waals surface area contributed by atoms with Crippen molar-refractivity contribution in [3.05, 3.63) is 65.9 Å². The second kappa shape index (κ2) is 19.3. The van der Waals surface area contributed by atoms with Gasteiger partial charge in [-0.15, -0.1) is 0 Å². The summed E-state index contributed by atoms with van der Waals surface area (Å²) in [6.45, 7) is 5.85. The van der Waals surface area contributed by atoms with Crippen LogP contribution in [0.3, 0.4) is 0 Å². The van der Waals surface area contributed by atoms with Gasteiger partial charge >= 0.3 is 0 Å². The summed E-state index contributed by atoms with van der Waals surface area (Å²) < 4.78 is 11.2. The summed E-state index contributed by atoms with van der Waals surface area (Å²) in [6.07, 6.45) is 6.92. The number of aromatic nitrogens is 1. The molecule has 0 unspecified atom stereocenters. The number of piperidine rings is 2. The molecule has 0 saturated carbocycles. The van der Waals surface area contributed by atoms with Gasteiger partial charge in [-0.2, -0.15) is 0 Å². The maximum atomic E-state index is 14.7. The fraction of sp³-hybridized carbons (Fsp3) is 0.548. The van der Waals surface area contributed by atoms with Gasteiger partial charge in [-0.05, 0) is 74.0 Å². The minimum atomic E-state index is -1.11. The van der Waals surface area contributed by atoms with Crippen molar-refractivity contribution in [2.75, 3.05) is 53.0 Å². The number of methoxy groups -OCH3 is 1. The van der Waals surface area contributed by atoms with E-state index < -0.39 is 35.8 Å². The van der Waals surface area contributed by atoms with E-state index in [0.717, 1.165) is 67.2 Å². The van der Waals surface area contributed by atoms with Gasteiger partial charge in [0.05, 0.1) is 25.6 Å². The third-order valence-corrected chi connectivity index (χ3v) is 11.3. The molecule has 2 bridgehead atoms. The number of nitrogens with one attached hydrogen (secondary N) is 5. The van der Waals surface area contributed by atoms with Gasteiger partial charge in [-0.25, -0.2) is 0 Å². The number of para-hydroxylation sites is 1. The first kappa shape index (κ1) is 40.7. The van der Waals surface area contributed by atoms with Gasteiger partial charge in [0.15, 0.2) is 0 Å². The van der Waals surface area contributed by atoms with E-state index >= 15 is 0 Å². The molecule has 4 aliphatic heterocycles. The Balaban J connectivity index is 1.34. The number of hydrogen-bond donors (Lipinski definition) is 5. The molecule has 2 aromatic carbocycles. The fourth-order valence-corrected chi connectivity index (χ4v) is 8.27. The summed E-state index contributed by atoms with van der Waals surface area (Å²) in [5.74, 6) is -1.95. The predicted octanol–water partition coefficient (Wildman–Crippen LogP) is 2.31. The highest BCUT2D eigenvalue weighted by atomic mass is 16.5. The maximum Gasteiger partial charge on any atom is 0.246 e. The summed E-state index contributed by atoms with van der Waals surface area (Å²) in [5, 5.41) is 12.7. The number of rotatable bonds is 8. The Morgan fingerprint density at radius 3 is 2.54 bits per heavy atom. The smallest absolute Gasteiger partial charge is 0.246 e. The molecular weight excluding hydrogens is 715 g/mol. The number of fused-ring (bicyclic) bond motifs is 19. The van der Waals surface area contributed by atoms with Crippen LogP contribution in [0.4, 0.5) is 0 Å². The summed E-state index contributed by atoms with van der Waals surface area (Å²) in [7, 11) is 1.50. The Labute approximate surface area is 328 Å².